The van der Waals surface area contributed by atoms with Gasteiger partial charge in [0.05, 0.1) is 13.2 Å². The number of benzene rings is 1. The molecule has 1 aromatic rings. The molecule has 3 heteroatoms. The smallest absolute Gasteiger partial charge is 0.124 e. The summed E-state index contributed by atoms with van der Waals surface area (Å²) in [5.41, 5.74) is 2.16. The topological polar surface area (TPSA) is 41.5 Å². The van der Waals surface area contributed by atoms with Crippen LogP contribution < -0.4 is 10.1 Å². The molecule has 1 aromatic carbocycles. The summed E-state index contributed by atoms with van der Waals surface area (Å²) in [5, 5.41) is 13.3. The average Bonchev–Trinajstić information content (AvgIpc) is 2.34. The molecule has 1 unspecified atom stereocenters. The van der Waals surface area contributed by atoms with Gasteiger partial charge in [-0.25, -0.2) is 0 Å². The van der Waals surface area contributed by atoms with Gasteiger partial charge in [0.25, 0.3) is 0 Å². The Balaban J connectivity index is 3.06. The summed E-state index contributed by atoms with van der Waals surface area (Å²) in [4.78, 5) is 0. The maximum atomic E-state index is 10.2. The standard InChI is InChI=1S/C15H25NO2/c1-15(2,3)11-6-7-14(18-5)12(10-11)13(17)8-9-16-4/h6-7,10,13,16-17H,8-9H2,1-5H3. The average molecular weight is 251 g/mol. The van der Waals surface area contributed by atoms with Crippen LogP contribution in [0.15, 0.2) is 18.2 Å². The lowest BCUT2D eigenvalue weighted by Gasteiger charge is -2.22. The Morgan fingerprint density at radius 1 is 1.33 bits per heavy atom. The summed E-state index contributed by atoms with van der Waals surface area (Å²) in [6, 6.07) is 6.06. The van der Waals surface area contributed by atoms with Gasteiger partial charge < -0.3 is 15.2 Å². The number of aliphatic hydroxyl groups is 1. The number of nitrogens with one attached hydrogen (secondary N) is 1. The molecule has 0 saturated carbocycles. The molecule has 0 aliphatic carbocycles. The predicted molar refractivity (Wildman–Crippen MR) is 75.2 cm³/mol. The highest BCUT2D eigenvalue weighted by Gasteiger charge is 2.19. The molecule has 0 amide bonds. The third kappa shape index (κ3) is 3.72. The Labute approximate surface area is 110 Å². The van der Waals surface area contributed by atoms with Gasteiger partial charge in [-0.3, -0.25) is 0 Å². The van der Waals surface area contributed by atoms with Crippen molar-refractivity contribution in [2.45, 2.75) is 38.7 Å². The lowest BCUT2D eigenvalue weighted by molar-refractivity contribution is 0.163. The molecule has 102 valence electrons. The lowest BCUT2D eigenvalue weighted by Crippen LogP contribution is -2.15. The van der Waals surface area contributed by atoms with Crippen LogP contribution in [0.5, 0.6) is 5.75 Å². The fourth-order valence-corrected chi connectivity index (χ4v) is 1.90. The van der Waals surface area contributed by atoms with Gasteiger partial charge in [-0.05, 0) is 43.1 Å². The highest BCUT2D eigenvalue weighted by atomic mass is 16.5. The van der Waals surface area contributed by atoms with Crippen LogP contribution >= 0.6 is 0 Å². The molecule has 0 aromatic heterocycles. The molecule has 18 heavy (non-hydrogen) atoms. The zero-order valence-corrected chi connectivity index (χ0v) is 12.1. The van der Waals surface area contributed by atoms with E-state index >= 15 is 0 Å². The van der Waals surface area contributed by atoms with Crippen molar-refractivity contribution < 1.29 is 9.84 Å². The van der Waals surface area contributed by atoms with Crippen molar-refractivity contribution in [2.75, 3.05) is 20.7 Å². The summed E-state index contributed by atoms with van der Waals surface area (Å²) in [6.07, 6.45) is 0.190. The van der Waals surface area contributed by atoms with Crippen LogP contribution in [-0.4, -0.2) is 25.8 Å². The first-order valence-corrected chi connectivity index (χ1v) is 6.41. The molecule has 0 spiro atoms. The van der Waals surface area contributed by atoms with E-state index in [0.717, 1.165) is 17.9 Å². The van der Waals surface area contributed by atoms with Crippen molar-refractivity contribution in [3.8, 4) is 5.75 Å². The number of hydrogen-bond acceptors (Lipinski definition) is 3. The van der Waals surface area contributed by atoms with Gasteiger partial charge in [-0.15, -0.1) is 0 Å². The SMILES string of the molecule is CNCCC(O)c1cc(C(C)(C)C)ccc1OC. The van der Waals surface area contributed by atoms with Gasteiger partial charge in [0.2, 0.25) is 0 Å². The van der Waals surface area contributed by atoms with E-state index in [4.69, 9.17) is 4.74 Å². The van der Waals surface area contributed by atoms with Gasteiger partial charge in [-0.1, -0.05) is 26.8 Å². The minimum atomic E-state index is -0.491. The van der Waals surface area contributed by atoms with E-state index in [1.165, 1.54) is 5.56 Å². The predicted octanol–water partition coefficient (Wildman–Crippen LogP) is 2.64. The Morgan fingerprint density at radius 2 is 2.00 bits per heavy atom. The number of aliphatic hydroxyl groups excluding tert-OH is 1. The molecular weight excluding hydrogens is 226 g/mol. The normalized spacial score (nSPS) is 13.4. The third-order valence-electron chi connectivity index (χ3n) is 3.12. The zero-order valence-electron chi connectivity index (χ0n) is 12.1. The summed E-state index contributed by atoms with van der Waals surface area (Å²) in [5.74, 6) is 0.756. The van der Waals surface area contributed by atoms with Gasteiger partial charge in [0.15, 0.2) is 0 Å². The maximum Gasteiger partial charge on any atom is 0.124 e. The molecular formula is C15H25NO2. The van der Waals surface area contributed by atoms with E-state index < -0.39 is 6.10 Å². The van der Waals surface area contributed by atoms with Crippen molar-refractivity contribution in [3.05, 3.63) is 29.3 Å². The second kappa shape index (κ2) is 6.21. The first-order valence-electron chi connectivity index (χ1n) is 6.41. The minimum Gasteiger partial charge on any atom is -0.496 e. The van der Waals surface area contributed by atoms with Crippen molar-refractivity contribution in [2.24, 2.45) is 0 Å². The molecule has 0 radical (unpaired) electrons. The number of rotatable bonds is 5. The third-order valence-corrected chi connectivity index (χ3v) is 3.12. The summed E-state index contributed by atoms with van der Waals surface area (Å²) in [7, 11) is 3.52. The van der Waals surface area contributed by atoms with E-state index in [0.29, 0.717) is 6.42 Å². The number of methoxy groups -OCH3 is 1. The number of ether oxygens (including phenoxy) is 1. The fraction of sp³-hybridized carbons (Fsp3) is 0.600. The lowest BCUT2D eigenvalue weighted by atomic mass is 9.85. The molecule has 0 aliphatic heterocycles. The Hall–Kier alpha value is -1.06. The molecule has 0 heterocycles. The first-order chi connectivity index (χ1) is 8.40. The monoisotopic (exact) mass is 251 g/mol. The van der Waals surface area contributed by atoms with E-state index in [1.54, 1.807) is 7.11 Å². The molecule has 0 saturated heterocycles. The Kier molecular flexibility index (Phi) is 5.17. The van der Waals surface area contributed by atoms with Crippen LogP contribution in [0.3, 0.4) is 0 Å². The summed E-state index contributed by atoms with van der Waals surface area (Å²) in [6.45, 7) is 7.28. The second-order valence-corrected chi connectivity index (χ2v) is 5.61. The van der Waals surface area contributed by atoms with Crippen LogP contribution in [0.4, 0.5) is 0 Å². The highest BCUT2D eigenvalue weighted by Crippen LogP contribution is 2.32. The Bertz CT molecular complexity index is 383. The van der Waals surface area contributed by atoms with Gasteiger partial charge in [-0.2, -0.15) is 0 Å². The molecule has 0 fully saturated rings. The molecule has 0 aliphatic rings. The van der Waals surface area contributed by atoms with Crippen LogP contribution in [-0.2, 0) is 5.41 Å². The van der Waals surface area contributed by atoms with Crippen LogP contribution in [0.25, 0.3) is 0 Å². The van der Waals surface area contributed by atoms with Crippen molar-refractivity contribution in [1.29, 1.82) is 0 Å². The molecule has 3 nitrogen and oxygen atoms in total. The van der Waals surface area contributed by atoms with Crippen molar-refractivity contribution in [3.63, 3.8) is 0 Å². The quantitative estimate of drug-likeness (QED) is 0.845. The zero-order chi connectivity index (χ0) is 13.8. The number of hydrogen-bond donors (Lipinski definition) is 2. The summed E-state index contributed by atoms with van der Waals surface area (Å²) >= 11 is 0. The molecule has 1 rings (SSSR count). The Morgan fingerprint density at radius 3 is 2.50 bits per heavy atom. The van der Waals surface area contributed by atoms with Crippen molar-refractivity contribution >= 4 is 0 Å². The fourth-order valence-electron chi connectivity index (χ4n) is 1.90. The minimum absolute atomic E-state index is 0.0732. The van der Waals surface area contributed by atoms with Crippen LogP contribution in [0.1, 0.15) is 44.4 Å². The van der Waals surface area contributed by atoms with Gasteiger partial charge >= 0.3 is 0 Å². The van der Waals surface area contributed by atoms with E-state index in [2.05, 4.69) is 38.2 Å². The van der Waals surface area contributed by atoms with E-state index in [-0.39, 0.29) is 5.41 Å². The maximum absolute atomic E-state index is 10.2. The van der Waals surface area contributed by atoms with Crippen LogP contribution in [0.2, 0.25) is 0 Å². The summed E-state index contributed by atoms with van der Waals surface area (Å²) < 4.78 is 5.33. The first kappa shape index (κ1) is 15.0. The van der Waals surface area contributed by atoms with Gasteiger partial charge in [0.1, 0.15) is 5.75 Å². The van der Waals surface area contributed by atoms with E-state index in [9.17, 15) is 5.11 Å². The van der Waals surface area contributed by atoms with Crippen LogP contribution in [0, 0.1) is 0 Å². The molecule has 2 N–H and O–H groups in total. The largest absolute Gasteiger partial charge is 0.496 e. The highest BCUT2D eigenvalue weighted by molar-refractivity contribution is 5.41. The van der Waals surface area contributed by atoms with Crippen molar-refractivity contribution in [1.82, 2.24) is 5.32 Å². The molecule has 0 bridgehead atoms. The molecule has 1 atom stereocenters. The van der Waals surface area contributed by atoms with E-state index in [1.807, 2.05) is 13.1 Å². The second-order valence-electron chi connectivity index (χ2n) is 5.61. The van der Waals surface area contributed by atoms with Gasteiger partial charge in [0, 0.05) is 5.56 Å².